The molecule has 0 radical (unpaired) electrons. The summed E-state index contributed by atoms with van der Waals surface area (Å²) in [5, 5.41) is 16.0. The van der Waals surface area contributed by atoms with Crippen LogP contribution >= 0.6 is 11.3 Å². The van der Waals surface area contributed by atoms with Gasteiger partial charge >= 0.3 is 0 Å². The summed E-state index contributed by atoms with van der Waals surface area (Å²) in [5.41, 5.74) is 3.59. The number of benzene rings is 2. The van der Waals surface area contributed by atoms with E-state index in [-0.39, 0.29) is 5.91 Å². The molecule has 0 unspecified atom stereocenters. The summed E-state index contributed by atoms with van der Waals surface area (Å²) in [6.45, 7) is 0. The summed E-state index contributed by atoms with van der Waals surface area (Å²) in [6.07, 6.45) is 0.410. The lowest BCUT2D eigenvalue weighted by molar-refractivity contribution is 0.102. The van der Waals surface area contributed by atoms with Gasteiger partial charge in [-0.15, -0.1) is 11.3 Å². The van der Waals surface area contributed by atoms with Crippen molar-refractivity contribution in [3.05, 3.63) is 95.3 Å². The van der Waals surface area contributed by atoms with Crippen molar-refractivity contribution in [2.24, 2.45) is 0 Å². The number of hydrogen-bond donors (Lipinski definition) is 2. The number of H-pyrrole nitrogens is 1. The Hall–Kier alpha value is -4.04. The van der Waals surface area contributed by atoms with E-state index in [1.807, 2.05) is 72.1 Å². The molecule has 31 heavy (non-hydrogen) atoms. The Balaban J connectivity index is 1.33. The Morgan fingerprint density at radius 3 is 2.71 bits per heavy atom. The summed E-state index contributed by atoms with van der Waals surface area (Å²) in [4.78, 5) is 18.2. The molecule has 3 heterocycles. The zero-order valence-electron chi connectivity index (χ0n) is 16.3. The van der Waals surface area contributed by atoms with Gasteiger partial charge in [-0.2, -0.15) is 10.1 Å². The van der Waals surface area contributed by atoms with Gasteiger partial charge in [-0.1, -0.05) is 59.8 Å². The monoisotopic (exact) mass is 427 g/mol. The minimum absolute atomic E-state index is 0.271. The third-order valence-corrected chi connectivity index (χ3v) is 5.57. The van der Waals surface area contributed by atoms with Crippen molar-refractivity contribution in [3.63, 3.8) is 0 Å². The summed E-state index contributed by atoms with van der Waals surface area (Å²) < 4.78 is 5.41. The standard InChI is InChI=1S/C23H17N5O2S/c29-23(19-14-18(26-27-19)15-7-2-1-3-8-15)24-17-10-5-4-9-16(17)13-21-25-22(28-30-21)20-11-6-12-31-20/h1-12,14H,13H2,(H,24,29)(H,26,27). The van der Waals surface area contributed by atoms with E-state index >= 15 is 0 Å². The fraction of sp³-hybridized carbons (Fsp3) is 0.0435. The number of rotatable bonds is 6. The van der Waals surface area contributed by atoms with Crippen molar-refractivity contribution in [1.29, 1.82) is 0 Å². The number of aromatic nitrogens is 4. The molecular formula is C23H17N5O2S. The molecule has 0 fully saturated rings. The zero-order chi connectivity index (χ0) is 21.0. The Bertz CT molecular complexity index is 1310. The van der Waals surface area contributed by atoms with Gasteiger partial charge in [0.1, 0.15) is 5.69 Å². The molecule has 3 aromatic heterocycles. The van der Waals surface area contributed by atoms with Crippen LogP contribution < -0.4 is 5.32 Å². The second-order valence-electron chi connectivity index (χ2n) is 6.81. The number of carbonyl (C=O) groups excluding carboxylic acids is 1. The Kier molecular flexibility index (Phi) is 5.12. The van der Waals surface area contributed by atoms with E-state index in [0.29, 0.717) is 35.2 Å². The highest BCUT2D eigenvalue weighted by atomic mass is 32.1. The summed E-state index contributed by atoms with van der Waals surface area (Å²) in [5.74, 6) is 0.780. The highest BCUT2D eigenvalue weighted by molar-refractivity contribution is 7.13. The van der Waals surface area contributed by atoms with E-state index in [9.17, 15) is 4.79 Å². The minimum Gasteiger partial charge on any atom is -0.339 e. The lowest BCUT2D eigenvalue weighted by atomic mass is 10.1. The predicted molar refractivity (Wildman–Crippen MR) is 119 cm³/mol. The van der Waals surface area contributed by atoms with E-state index in [4.69, 9.17) is 4.52 Å². The lowest BCUT2D eigenvalue weighted by Gasteiger charge is -2.08. The molecule has 0 spiro atoms. The number of nitrogens with one attached hydrogen (secondary N) is 2. The second-order valence-corrected chi connectivity index (χ2v) is 7.76. The van der Waals surface area contributed by atoms with Crippen LogP contribution in [0.2, 0.25) is 0 Å². The van der Waals surface area contributed by atoms with E-state index in [1.54, 1.807) is 17.4 Å². The van der Waals surface area contributed by atoms with Gasteiger partial charge in [-0.25, -0.2) is 0 Å². The number of amides is 1. The van der Waals surface area contributed by atoms with Gasteiger partial charge in [-0.3, -0.25) is 9.89 Å². The molecule has 7 nitrogen and oxygen atoms in total. The third-order valence-electron chi connectivity index (χ3n) is 4.71. The maximum Gasteiger partial charge on any atom is 0.273 e. The SMILES string of the molecule is O=C(Nc1ccccc1Cc1nc(-c2cccs2)no1)c1cc(-c2ccccc2)n[nH]1. The molecule has 5 aromatic rings. The van der Waals surface area contributed by atoms with Crippen LogP contribution in [0.5, 0.6) is 0 Å². The first-order valence-corrected chi connectivity index (χ1v) is 10.5. The fourth-order valence-electron chi connectivity index (χ4n) is 3.18. The van der Waals surface area contributed by atoms with Gasteiger partial charge in [0.2, 0.25) is 11.7 Å². The van der Waals surface area contributed by atoms with Gasteiger partial charge in [-0.05, 0) is 29.1 Å². The van der Waals surface area contributed by atoms with Gasteiger partial charge in [0, 0.05) is 11.3 Å². The molecule has 0 saturated carbocycles. The fourth-order valence-corrected chi connectivity index (χ4v) is 3.83. The lowest BCUT2D eigenvalue weighted by Crippen LogP contribution is -2.14. The van der Waals surface area contributed by atoms with Crippen LogP contribution in [-0.2, 0) is 6.42 Å². The summed E-state index contributed by atoms with van der Waals surface area (Å²) in [6, 6.07) is 22.9. The molecule has 2 N–H and O–H groups in total. The molecule has 0 bridgehead atoms. The van der Waals surface area contributed by atoms with Gasteiger partial charge in [0.25, 0.3) is 5.91 Å². The normalized spacial score (nSPS) is 10.8. The van der Waals surface area contributed by atoms with Crippen molar-refractivity contribution in [3.8, 4) is 22.0 Å². The van der Waals surface area contributed by atoms with E-state index in [0.717, 1.165) is 16.0 Å². The second kappa shape index (κ2) is 8.37. The number of carbonyl (C=O) groups is 1. The van der Waals surface area contributed by atoms with E-state index in [2.05, 4.69) is 25.7 Å². The number of anilines is 1. The van der Waals surface area contributed by atoms with Crippen LogP contribution in [0.25, 0.3) is 22.0 Å². The smallest absolute Gasteiger partial charge is 0.273 e. The van der Waals surface area contributed by atoms with Crippen LogP contribution in [0.3, 0.4) is 0 Å². The van der Waals surface area contributed by atoms with Crippen molar-refractivity contribution in [2.45, 2.75) is 6.42 Å². The molecule has 2 aromatic carbocycles. The Morgan fingerprint density at radius 2 is 1.87 bits per heavy atom. The van der Waals surface area contributed by atoms with Crippen LogP contribution in [0, 0.1) is 0 Å². The van der Waals surface area contributed by atoms with E-state index < -0.39 is 0 Å². The van der Waals surface area contributed by atoms with Crippen LogP contribution in [0.15, 0.2) is 82.7 Å². The number of nitrogens with zero attached hydrogens (tertiary/aromatic N) is 3. The quantitative estimate of drug-likeness (QED) is 0.396. The first kappa shape index (κ1) is 19.0. The summed E-state index contributed by atoms with van der Waals surface area (Å²) >= 11 is 1.55. The maximum atomic E-state index is 12.8. The number of thiophene rings is 1. The van der Waals surface area contributed by atoms with Crippen LogP contribution in [0.4, 0.5) is 5.69 Å². The first-order chi connectivity index (χ1) is 15.3. The van der Waals surface area contributed by atoms with Gasteiger partial charge < -0.3 is 9.84 Å². The molecule has 1 amide bonds. The van der Waals surface area contributed by atoms with Crippen LogP contribution in [-0.4, -0.2) is 26.2 Å². The minimum atomic E-state index is -0.271. The molecule has 0 aliphatic heterocycles. The van der Waals surface area contributed by atoms with Gasteiger partial charge in [0.15, 0.2) is 0 Å². The molecule has 152 valence electrons. The van der Waals surface area contributed by atoms with Crippen molar-refractivity contribution < 1.29 is 9.32 Å². The zero-order valence-corrected chi connectivity index (χ0v) is 17.1. The number of aromatic amines is 1. The summed E-state index contributed by atoms with van der Waals surface area (Å²) in [7, 11) is 0. The average molecular weight is 427 g/mol. The first-order valence-electron chi connectivity index (χ1n) is 9.63. The van der Waals surface area contributed by atoms with Crippen molar-refractivity contribution >= 4 is 22.9 Å². The topological polar surface area (TPSA) is 96.7 Å². The molecule has 8 heteroatoms. The van der Waals surface area contributed by atoms with Gasteiger partial charge in [0.05, 0.1) is 17.0 Å². The molecule has 0 aliphatic carbocycles. The number of para-hydroxylation sites is 1. The largest absolute Gasteiger partial charge is 0.339 e. The third kappa shape index (κ3) is 4.15. The molecular weight excluding hydrogens is 410 g/mol. The Morgan fingerprint density at radius 1 is 1.03 bits per heavy atom. The van der Waals surface area contributed by atoms with Crippen LogP contribution in [0.1, 0.15) is 21.9 Å². The average Bonchev–Trinajstić information content (AvgIpc) is 3.57. The Labute approximate surface area is 181 Å². The molecule has 5 rings (SSSR count). The molecule has 0 atom stereocenters. The van der Waals surface area contributed by atoms with Crippen molar-refractivity contribution in [1.82, 2.24) is 20.3 Å². The maximum absolute atomic E-state index is 12.8. The highest BCUT2D eigenvalue weighted by Gasteiger charge is 2.15. The van der Waals surface area contributed by atoms with E-state index in [1.165, 1.54) is 0 Å². The molecule has 0 aliphatic rings. The predicted octanol–water partition coefficient (Wildman–Crippen LogP) is 5.03. The van der Waals surface area contributed by atoms with Crippen molar-refractivity contribution in [2.75, 3.05) is 5.32 Å². The highest BCUT2D eigenvalue weighted by Crippen LogP contribution is 2.24. The molecule has 0 saturated heterocycles. The number of hydrogen-bond acceptors (Lipinski definition) is 6.